The van der Waals surface area contributed by atoms with E-state index in [9.17, 15) is 9.59 Å². The maximum absolute atomic E-state index is 14.7. The van der Waals surface area contributed by atoms with E-state index in [1.54, 1.807) is 26.4 Å². The van der Waals surface area contributed by atoms with Crippen LogP contribution in [-0.4, -0.2) is 88.1 Å². The minimum atomic E-state index is -1.42. The van der Waals surface area contributed by atoms with Gasteiger partial charge in [0.25, 0.3) is 0 Å². The fourth-order valence-electron chi connectivity index (χ4n) is 6.92. The summed E-state index contributed by atoms with van der Waals surface area (Å²) in [6.45, 7) is 15.8. The smallest absolute Gasteiger partial charge is 0.170 e. The summed E-state index contributed by atoms with van der Waals surface area (Å²) >= 11 is 0. The summed E-state index contributed by atoms with van der Waals surface area (Å²) in [5.74, 6) is 1.89. The number of carbonyl (C=O) groups excluding carboxylic acids is 2. The molecule has 0 radical (unpaired) electrons. The van der Waals surface area contributed by atoms with Crippen molar-refractivity contribution in [3.8, 4) is 23.0 Å². The standard InChI is InChI=1S/C49H62N2O6/c1-7-50(8-2)31-17-33-56-43-27-23-39(35-45(43)54-5)25-29-47(52)49(37-41-19-13-11-14-20-41,38-42-21-15-12-16-22-42)48(53)30-26-40-24-28-44(46(36-40)55-6)57-34-18-32-51(9-3)10-4/h11-16,19-30,35-36H,7-10,17-18,31-34,37-38H2,1-6H3/b29-25+,30-26+. The molecule has 0 aromatic heterocycles. The molecule has 8 heteroatoms. The lowest BCUT2D eigenvalue weighted by atomic mass is 9.69. The number of hydrogen-bond donors (Lipinski definition) is 0. The molecule has 0 saturated heterocycles. The van der Waals surface area contributed by atoms with Gasteiger partial charge in [0.15, 0.2) is 34.6 Å². The molecule has 4 aromatic carbocycles. The van der Waals surface area contributed by atoms with E-state index in [1.807, 2.05) is 97.1 Å². The van der Waals surface area contributed by atoms with Crippen LogP contribution < -0.4 is 18.9 Å². The molecule has 0 heterocycles. The summed E-state index contributed by atoms with van der Waals surface area (Å²) in [5, 5.41) is 0. The molecule has 0 unspecified atom stereocenters. The number of benzene rings is 4. The van der Waals surface area contributed by atoms with Gasteiger partial charge in [-0.15, -0.1) is 0 Å². The molecule has 0 saturated carbocycles. The normalized spacial score (nSPS) is 11.8. The first kappa shape index (κ1) is 44.5. The highest BCUT2D eigenvalue weighted by atomic mass is 16.5. The Balaban J connectivity index is 1.62. The van der Waals surface area contributed by atoms with Crippen molar-refractivity contribution in [2.24, 2.45) is 5.41 Å². The molecule has 0 N–H and O–H groups in total. The Kier molecular flexibility index (Phi) is 18.6. The van der Waals surface area contributed by atoms with E-state index in [4.69, 9.17) is 18.9 Å². The van der Waals surface area contributed by atoms with E-state index < -0.39 is 5.41 Å². The number of nitrogens with zero attached hydrogens (tertiary/aromatic N) is 2. The molecule has 0 aliphatic heterocycles. The predicted octanol–water partition coefficient (Wildman–Crippen LogP) is 9.26. The fourth-order valence-corrected chi connectivity index (χ4v) is 6.92. The van der Waals surface area contributed by atoms with Crippen LogP contribution >= 0.6 is 0 Å². The van der Waals surface area contributed by atoms with Crippen molar-refractivity contribution in [1.29, 1.82) is 0 Å². The van der Waals surface area contributed by atoms with Gasteiger partial charge < -0.3 is 28.7 Å². The van der Waals surface area contributed by atoms with Crippen LogP contribution in [-0.2, 0) is 22.4 Å². The van der Waals surface area contributed by atoms with Gasteiger partial charge in [0.2, 0.25) is 0 Å². The molecule has 0 bridgehead atoms. The van der Waals surface area contributed by atoms with E-state index >= 15 is 0 Å². The summed E-state index contributed by atoms with van der Waals surface area (Å²) in [4.78, 5) is 34.1. The Bertz CT molecular complexity index is 1730. The van der Waals surface area contributed by atoms with Gasteiger partial charge in [0.05, 0.1) is 27.4 Å². The second-order valence-corrected chi connectivity index (χ2v) is 14.1. The minimum Gasteiger partial charge on any atom is -0.493 e. The largest absolute Gasteiger partial charge is 0.493 e. The van der Waals surface area contributed by atoms with Crippen molar-refractivity contribution in [1.82, 2.24) is 9.80 Å². The van der Waals surface area contributed by atoms with Gasteiger partial charge in [-0.1, -0.05) is 113 Å². The molecule has 0 atom stereocenters. The molecule has 4 rings (SSSR count). The first-order valence-corrected chi connectivity index (χ1v) is 20.4. The highest BCUT2D eigenvalue weighted by Crippen LogP contribution is 2.35. The highest BCUT2D eigenvalue weighted by molar-refractivity contribution is 6.17. The van der Waals surface area contributed by atoms with Gasteiger partial charge in [0.1, 0.15) is 5.41 Å². The van der Waals surface area contributed by atoms with Crippen LogP contribution in [0.25, 0.3) is 12.2 Å². The Labute approximate surface area is 341 Å². The predicted molar refractivity (Wildman–Crippen MR) is 233 cm³/mol. The lowest BCUT2D eigenvalue weighted by Crippen LogP contribution is -2.42. The van der Waals surface area contributed by atoms with Crippen molar-refractivity contribution < 1.29 is 28.5 Å². The number of ketones is 2. The first-order valence-electron chi connectivity index (χ1n) is 20.4. The van der Waals surface area contributed by atoms with Crippen molar-refractivity contribution in [3.63, 3.8) is 0 Å². The second kappa shape index (κ2) is 23.8. The highest BCUT2D eigenvalue weighted by Gasteiger charge is 2.43. The van der Waals surface area contributed by atoms with Crippen LogP contribution in [0.2, 0.25) is 0 Å². The van der Waals surface area contributed by atoms with Gasteiger partial charge in [0, 0.05) is 13.1 Å². The SMILES string of the molecule is CCN(CC)CCCOc1ccc(/C=C/C(=O)C(Cc2ccccc2)(Cc2ccccc2)C(=O)/C=C/c2ccc(OCCCN(CC)CC)c(OC)c2)cc1OC. The van der Waals surface area contributed by atoms with Crippen molar-refractivity contribution >= 4 is 23.7 Å². The molecule has 0 fully saturated rings. The number of ether oxygens (including phenoxy) is 4. The lowest BCUT2D eigenvalue weighted by molar-refractivity contribution is -0.135. The molecular formula is C49H62N2O6. The molecular weight excluding hydrogens is 713 g/mol. The maximum atomic E-state index is 14.7. The first-order chi connectivity index (χ1) is 27.8. The Hall–Kier alpha value is -5.18. The molecule has 4 aromatic rings. The van der Waals surface area contributed by atoms with Gasteiger partial charge in [-0.05, 0) is 111 Å². The van der Waals surface area contributed by atoms with Gasteiger partial charge >= 0.3 is 0 Å². The number of methoxy groups -OCH3 is 2. The monoisotopic (exact) mass is 774 g/mol. The number of allylic oxidation sites excluding steroid dienone is 2. The summed E-state index contributed by atoms with van der Waals surface area (Å²) in [6.07, 6.45) is 8.83. The van der Waals surface area contributed by atoms with E-state index in [2.05, 4.69) is 37.5 Å². The second-order valence-electron chi connectivity index (χ2n) is 14.1. The van der Waals surface area contributed by atoms with Crippen molar-refractivity contribution in [2.45, 2.75) is 53.4 Å². The minimum absolute atomic E-state index is 0.224. The zero-order valence-corrected chi connectivity index (χ0v) is 34.9. The zero-order valence-electron chi connectivity index (χ0n) is 34.9. The third kappa shape index (κ3) is 13.5. The average Bonchev–Trinajstić information content (AvgIpc) is 3.25. The van der Waals surface area contributed by atoms with Crippen LogP contribution in [0, 0.1) is 5.41 Å². The van der Waals surface area contributed by atoms with Crippen molar-refractivity contribution in [2.75, 3.05) is 66.7 Å². The molecule has 0 aliphatic carbocycles. The quantitative estimate of drug-likeness (QED) is 0.0355. The van der Waals surface area contributed by atoms with Crippen LogP contribution in [0.15, 0.2) is 109 Å². The summed E-state index contributed by atoms with van der Waals surface area (Å²) in [5.41, 5.74) is 1.88. The van der Waals surface area contributed by atoms with Gasteiger partial charge in [-0.25, -0.2) is 0 Å². The lowest BCUT2D eigenvalue weighted by Gasteiger charge is -2.29. The van der Waals surface area contributed by atoms with E-state index in [0.29, 0.717) is 36.2 Å². The van der Waals surface area contributed by atoms with Crippen LogP contribution in [0.3, 0.4) is 0 Å². The number of carbonyl (C=O) groups is 2. The average molecular weight is 775 g/mol. The topological polar surface area (TPSA) is 77.5 Å². The number of rotatable bonds is 26. The molecule has 304 valence electrons. The zero-order chi connectivity index (χ0) is 40.9. The van der Waals surface area contributed by atoms with Gasteiger partial charge in [-0.2, -0.15) is 0 Å². The van der Waals surface area contributed by atoms with Crippen LogP contribution in [0.5, 0.6) is 23.0 Å². The molecule has 0 spiro atoms. The summed E-state index contributed by atoms with van der Waals surface area (Å²) < 4.78 is 23.5. The fraction of sp³-hybridized carbons (Fsp3) is 0.388. The molecule has 8 nitrogen and oxygen atoms in total. The molecule has 57 heavy (non-hydrogen) atoms. The van der Waals surface area contributed by atoms with Crippen LogP contribution in [0.4, 0.5) is 0 Å². The van der Waals surface area contributed by atoms with Crippen molar-refractivity contribution in [3.05, 3.63) is 131 Å². The summed E-state index contributed by atoms with van der Waals surface area (Å²) in [7, 11) is 3.22. The van der Waals surface area contributed by atoms with Crippen LogP contribution in [0.1, 0.15) is 62.8 Å². The third-order valence-corrected chi connectivity index (χ3v) is 10.4. The van der Waals surface area contributed by atoms with E-state index in [1.165, 1.54) is 12.2 Å². The summed E-state index contributed by atoms with van der Waals surface area (Å²) in [6, 6.07) is 30.7. The molecule has 0 amide bonds. The van der Waals surface area contributed by atoms with E-state index in [-0.39, 0.29) is 24.4 Å². The maximum Gasteiger partial charge on any atom is 0.170 e. The van der Waals surface area contributed by atoms with Gasteiger partial charge in [-0.3, -0.25) is 9.59 Å². The number of hydrogen-bond acceptors (Lipinski definition) is 8. The Morgan fingerprint density at radius 1 is 0.544 bits per heavy atom. The molecule has 0 aliphatic rings. The Morgan fingerprint density at radius 2 is 0.930 bits per heavy atom. The van der Waals surface area contributed by atoms with E-state index in [0.717, 1.165) is 74.4 Å². The Morgan fingerprint density at radius 3 is 1.28 bits per heavy atom. The third-order valence-electron chi connectivity index (χ3n) is 10.4.